The minimum Gasteiger partial charge on any atom is -0.480 e. The van der Waals surface area contributed by atoms with E-state index < -0.39 is 54.6 Å². The number of carbonyl (C=O) groups is 4. The van der Waals surface area contributed by atoms with E-state index in [0.29, 0.717) is 11.1 Å². The standard InChI is InChI=1S/C24H29N3O7S/c25-17(24(32)33)11-12-19(28)27-18(14-35)23(31)26-13-20(29)34-22(16-9-5-2-6-10-16)21(30)15-7-3-1-4-8-15/h1-10,17-18,21-22,30,35H,11-14,25H2,(H,26,31)(H,27,28)(H,32,33)/t17-,18-,21+,22+/m0/s1. The van der Waals surface area contributed by atoms with Crippen molar-refractivity contribution in [1.29, 1.82) is 0 Å². The van der Waals surface area contributed by atoms with Gasteiger partial charge in [0.2, 0.25) is 11.8 Å². The number of nitrogens with two attached hydrogens (primary N) is 1. The van der Waals surface area contributed by atoms with E-state index in [1.165, 1.54) is 0 Å². The maximum Gasteiger partial charge on any atom is 0.326 e. The predicted octanol–water partition coefficient (Wildman–Crippen LogP) is 0.727. The zero-order valence-corrected chi connectivity index (χ0v) is 19.8. The van der Waals surface area contributed by atoms with Crippen molar-refractivity contribution < 1.29 is 34.1 Å². The number of amides is 2. The van der Waals surface area contributed by atoms with Crippen LogP contribution in [0.4, 0.5) is 0 Å². The number of ether oxygens (including phenoxy) is 1. The number of hydrogen-bond donors (Lipinski definition) is 6. The monoisotopic (exact) mass is 503 g/mol. The zero-order chi connectivity index (χ0) is 25.8. The van der Waals surface area contributed by atoms with Gasteiger partial charge in [-0.15, -0.1) is 0 Å². The van der Waals surface area contributed by atoms with Crippen molar-refractivity contribution in [2.45, 2.75) is 37.1 Å². The van der Waals surface area contributed by atoms with E-state index in [4.69, 9.17) is 15.6 Å². The predicted molar refractivity (Wildman–Crippen MR) is 130 cm³/mol. The molecule has 0 heterocycles. The highest BCUT2D eigenvalue weighted by atomic mass is 32.1. The van der Waals surface area contributed by atoms with Gasteiger partial charge in [-0.05, 0) is 17.5 Å². The molecule has 0 unspecified atom stereocenters. The molecule has 188 valence electrons. The summed E-state index contributed by atoms with van der Waals surface area (Å²) in [6.07, 6.45) is -2.44. The van der Waals surface area contributed by atoms with Crippen LogP contribution in [-0.2, 0) is 23.9 Å². The Balaban J connectivity index is 1.95. The smallest absolute Gasteiger partial charge is 0.326 e. The Morgan fingerprint density at radius 3 is 2.09 bits per heavy atom. The molecule has 0 aliphatic carbocycles. The third kappa shape index (κ3) is 9.04. The number of rotatable bonds is 13. The van der Waals surface area contributed by atoms with Gasteiger partial charge >= 0.3 is 11.9 Å². The number of hydrogen-bond acceptors (Lipinski definition) is 8. The normalized spacial score (nSPS) is 14.1. The molecule has 11 heteroatoms. The van der Waals surface area contributed by atoms with Crippen LogP contribution in [0.3, 0.4) is 0 Å². The molecule has 0 aromatic heterocycles. The van der Waals surface area contributed by atoms with E-state index in [0.717, 1.165) is 0 Å². The lowest BCUT2D eigenvalue weighted by atomic mass is 9.98. The molecule has 0 saturated carbocycles. The first-order valence-electron chi connectivity index (χ1n) is 10.9. The highest BCUT2D eigenvalue weighted by Crippen LogP contribution is 2.32. The number of esters is 1. The average molecular weight is 504 g/mol. The van der Waals surface area contributed by atoms with Gasteiger partial charge in [0.05, 0.1) is 0 Å². The zero-order valence-electron chi connectivity index (χ0n) is 18.9. The summed E-state index contributed by atoms with van der Waals surface area (Å²) in [5, 5.41) is 24.4. The molecule has 0 aliphatic rings. The van der Waals surface area contributed by atoms with Gasteiger partial charge in [0.1, 0.15) is 24.7 Å². The lowest BCUT2D eigenvalue weighted by Gasteiger charge is -2.24. The van der Waals surface area contributed by atoms with Gasteiger partial charge in [-0.25, -0.2) is 0 Å². The molecule has 2 amide bonds. The van der Waals surface area contributed by atoms with E-state index >= 15 is 0 Å². The second kappa shape index (κ2) is 14.1. The van der Waals surface area contributed by atoms with Crippen LogP contribution >= 0.6 is 12.6 Å². The first-order valence-corrected chi connectivity index (χ1v) is 11.5. The topological polar surface area (TPSA) is 168 Å². The number of aliphatic carboxylic acids is 1. The number of thiol groups is 1. The Morgan fingerprint density at radius 2 is 1.54 bits per heavy atom. The Bertz CT molecular complexity index is 991. The molecule has 2 aromatic carbocycles. The molecule has 0 radical (unpaired) electrons. The van der Waals surface area contributed by atoms with E-state index in [1.807, 2.05) is 0 Å². The van der Waals surface area contributed by atoms with Gasteiger partial charge in [0.25, 0.3) is 0 Å². The number of carbonyl (C=O) groups excluding carboxylic acids is 3. The van der Waals surface area contributed by atoms with E-state index in [-0.39, 0.29) is 18.6 Å². The summed E-state index contributed by atoms with van der Waals surface area (Å²) in [4.78, 5) is 47.7. The van der Waals surface area contributed by atoms with Crippen LogP contribution in [0, 0.1) is 0 Å². The maximum atomic E-state index is 12.5. The highest BCUT2D eigenvalue weighted by Gasteiger charge is 2.27. The molecule has 0 saturated heterocycles. The Hall–Kier alpha value is -3.41. The molecule has 0 fully saturated rings. The maximum absolute atomic E-state index is 12.5. The first kappa shape index (κ1) is 27.8. The summed E-state index contributed by atoms with van der Waals surface area (Å²) in [5.74, 6) is -3.33. The lowest BCUT2D eigenvalue weighted by Crippen LogP contribution is -2.49. The first-order chi connectivity index (χ1) is 16.7. The summed E-state index contributed by atoms with van der Waals surface area (Å²) in [6, 6.07) is 15.2. The van der Waals surface area contributed by atoms with Crippen LogP contribution in [0.15, 0.2) is 60.7 Å². The molecule has 2 aromatic rings. The second-order valence-electron chi connectivity index (χ2n) is 7.68. The molecular formula is C24H29N3O7S. The van der Waals surface area contributed by atoms with Crippen LogP contribution in [0.1, 0.15) is 36.2 Å². The molecule has 35 heavy (non-hydrogen) atoms. The molecule has 6 N–H and O–H groups in total. The van der Waals surface area contributed by atoms with Crippen molar-refractivity contribution in [3.63, 3.8) is 0 Å². The average Bonchev–Trinajstić information content (AvgIpc) is 2.88. The summed E-state index contributed by atoms with van der Waals surface area (Å²) >= 11 is 4.04. The van der Waals surface area contributed by atoms with Gasteiger partial charge in [-0.2, -0.15) is 12.6 Å². The van der Waals surface area contributed by atoms with E-state index in [1.54, 1.807) is 60.7 Å². The summed E-state index contributed by atoms with van der Waals surface area (Å²) in [5.41, 5.74) is 6.49. The van der Waals surface area contributed by atoms with Gasteiger partial charge in [0, 0.05) is 12.2 Å². The number of nitrogens with one attached hydrogen (secondary N) is 2. The second-order valence-corrected chi connectivity index (χ2v) is 8.05. The van der Waals surface area contributed by atoms with Crippen LogP contribution in [-0.4, -0.2) is 58.3 Å². The third-order valence-electron chi connectivity index (χ3n) is 5.06. The third-order valence-corrected chi connectivity index (χ3v) is 5.42. The number of carboxylic acids is 1. The van der Waals surface area contributed by atoms with Gasteiger partial charge in [-0.3, -0.25) is 19.2 Å². The molecular weight excluding hydrogens is 474 g/mol. The van der Waals surface area contributed by atoms with Crippen molar-refractivity contribution in [2.24, 2.45) is 5.73 Å². The SMILES string of the molecule is N[C@@H](CCC(=O)N[C@@H](CS)C(=O)NCC(=O)O[C@H](c1ccccc1)[C@H](O)c1ccccc1)C(=O)O. The Morgan fingerprint density at radius 1 is 0.971 bits per heavy atom. The fourth-order valence-corrected chi connectivity index (χ4v) is 3.38. The van der Waals surface area contributed by atoms with Crippen molar-refractivity contribution in [1.82, 2.24) is 10.6 Å². The van der Waals surface area contributed by atoms with Crippen LogP contribution in [0.5, 0.6) is 0 Å². The van der Waals surface area contributed by atoms with Crippen molar-refractivity contribution >= 4 is 36.4 Å². The highest BCUT2D eigenvalue weighted by molar-refractivity contribution is 7.80. The number of carboxylic acid groups (broad SMARTS) is 1. The lowest BCUT2D eigenvalue weighted by molar-refractivity contribution is -0.155. The van der Waals surface area contributed by atoms with Crippen LogP contribution in [0.25, 0.3) is 0 Å². The quantitative estimate of drug-likeness (QED) is 0.172. The van der Waals surface area contributed by atoms with Crippen molar-refractivity contribution in [3.05, 3.63) is 71.8 Å². The summed E-state index contributed by atoms with van der Waals surface area (Å²) in [7, 11) is 0. The molecule has 4 atom stereocenters. The minimum absolute atomic E-state index is 0.0586. The van der Waals surface area contributed by atoms with Gasteiger partial charge in [0.15, 0.2) is 6.10 Å². The Kier molecular flexibility index (Phi) is 11.2. The van der Waals surface area contributed by atoms with Crippen molar-refractivity contribution in [3.8, 4) is 0 Å². The van der Waals surface area contributed by atoms with Crippen LogP contribution in [0.2, 0.25) is 0 Å². The van der Waals surface area contributed by atoms with Crippen molar-refractivity contribution in [2.75, 3.05) is 12.3 Å². The van der Waals surface area contributed by atoms with Gasteiger partial charge < -0.3 is 31.3 Å². The molecule has 2 rings (SSSR count). The Labute approximate surface area is 208 Å². The largest absolute Gasteiger partial charge is 0.480 e. The summed E-state index contributed by atoms with van der Waals surface area (Å²) < 4.78 is 5.51. The fraction of sp³-hybridized carbons (Fsp3) is 0.333. The number of aliphatic hydroxyl groups excluding tert-OH is 1. The molecule has 0 bridgehead atoms. The molecule has 0 aliphatic heterocycles. The molecule has 10 nitrogen and oxygen atoms in total. The number of benzene rings is 2. The van der Waals surface area contributed by atoms with Gasteiger partial charge in [-0.1, -0.05) is 60.7 Å². The van der Waals surface area contributed by atoms with Crippen LogP contribution < -0.4 is 16.4 Å². The van der Waals surface area contributed by atoms with E-state index in [9.17, 15) is 24.3 Å². The number of aliphatic hydroxyl groups is 1. The summed E-state index contributed by atoms with van der Waals surface area (Å²) in [6.45, 7) is -0.506. The van der Waals surface area contributed by atoms with E-state index in [2.05, 4.69) is 23.3 Å². The molecule has 0 spiro atoms. The fourth-order valence-electron chi connectivity index (χ4n) is 3.12. The minimum atomic E-state index is -1.23.